The van der Waals surface area contributed by atoms with Gasteiger partial charge in [0.1, 0.15) is 5.69 Å². The Bertz CT molecular complexity index is 898. The van der Waals surface area contributed by atoms with Gasteiger partial charge in [-0.3, -0.25) is 14.6 Å². The molecule has 1 aromatic carbocycles. The molecule has 0 atom stereocenters. The molecule has 0 saturated carbocycles. The smallest absolute Gasteiger partial charge is 0.253 e. The van der Waals surface area contributed by atoms with Gasteiger partial charge in [-0.05, 0) is 24.3 Å². The molecule has 3 aromatic rings. The summed E-state index contributed by atoms with van der Waals surface area (Å²) in [6.07, 6.45) is 1.68. The van der Waals surface area contributed by atoms with Gasteiger partial charge in [-0.25, -0.2) is 4.98 Å². The van der Waals surface area contributed by atoms with Crippen LogP contribution in [0.25, 0.3) is 11.4 Å². The predicted octanol–water partition coefficient (Wildman–Crippen LogP) is 3.23. The Balaban J connectivity index is 1.56. The number of nitrogens with zero attached hydrogens (tertiary/aromatic N) is 2. The molecule has 8 heteroatoms. The SMILES string of the molecule is O=C(CNC(=O)c1ccccc1Cl)Nc1nc(-c2ccccn2)cs1. The Morgan fingerprint density at radius 2 is 1.88 bits per heavy atom. The van der Waals surface area contributed by atoms with E-state index in [1.54, 1.807) is 35.8 Å². The van der Waals surface area contributed by atoms with Crippen molar-refractivity contribution >= 4 is 39.9 Å². The molecule has 0 aliphatic rings. The molecule has 126 valence electrons. The molecule has 0 saturated heterocycles. The van der Waals surface area contributed by atoms with Gasteiger partial charge < -0.3 is 10.6 Å². The molecular weight excluding hydrogens is 360 g/mol. The number of carbonyl (C=O) groups is 2. The molecule has 0 bridgehead atoms. The van der Waals surface area contributed by atoms with Crippen molar-refractivity contribution < 1.29 is 9.59 Å². The Labute approximate surface area is 152 Å². The summed E-state index contributed by atoms with van der Waals surface area (Å²) in [4.78, 5) is 32.5. The lowest BCUT2D eigenvalue weighted by Crippen LogP contribution is -2.32. The molecule has 0 fully saturated rings. The van der Waals surface area contributed by atoms with Gasteiger partial charge in [-0.1, -0.05) is 29.8 Å². The number of halogens is 1. The third kappa shape index (κ3) is 4.40. The minimum Gasteiger partial charge on any atom is -0.343 e. The fourth-order valence-corrected chi connectivity index (χ4v) is 2.97. The molecule has 2 aromatic heterocycles. The quantitative estimate of drug-likeness (QED) is 0.720. The Hall–Kier alpha value is -2.77. The first-order chi connectivity index (χ1) is 12.1. The molecule has 0 aliphatic heterocycles. The van der Waals surface area contributed by atoms with Gasteiger partial charge in [-0.2, -0.15) is 0 Å². The standard InChI is InChI=1S/C17H13ClN4O2S/c18-12-6-2-1-5-11(12)16(24)20-9-15(23)22-17-21-14(10-25-17)13-7-3-4-8-19-13/h1-8,10H,9H2,(H,20,24)(H,21,22,23). The zero-order chi connectivity index (χ0) is 17.6. The first-order valence-electron chi connectivity index (χ1n) is 7.33. The second-order valence-corrected chi connectivity index (χ2v) is 6.23. The van der Waals surface area contributed by atoms with Crippen molar-refractivity contribution in [3.05, 3.63) is 64.6 Å². The highest BCUT2D eigenvalue weighted by molar-refractivity contribution is 7.14. The molecule has 0 aliphatic carbocycles. The van der Waals surface area contributed by atoms with E-state index in [1.807, 2.05) is 18.2 Å². The van der Waals surface area contributed by atoms with E-state index >= 15 is 0 Å². The largest absolute Gasteiger partial charge is 0.343 e. The number of pyridine rings is 1. The van der Waals surface area contributed by atoms with Gasteiger partial charge in [-0.15, -0.1) is 11.3 Å². The maximum Gasteiger partial charge on any atom is 0.253 e. The normalized spacial score (nSPS) is 10.3. The number of thiazole rings is 1. The van der Waals surface area contributed by atoms with Crippen molar-refractivity contribution in [1.29, 1.82) is 0 Å². The van der Waals surface area contributed by atoms with E-state index in [2.05, 4.69) is 20.6 Å². The van der Waals surface area contributed by atoms with E-state index in [0.29, 0.717) is 21.4 Å². The molecule has 0 spiro atoms. The van der Waals surface area contributed by atoms with Crippen molar-refractivity contribution in [2.45, 2.75) is 0 Å². The van der Waals surface area contributed by atoms with E-state index in [9.17, 15) is 9.59 Å². The molecule has 0 unspecified atom stereocenters. The van der Waals surface area contributed by atoms with Crippen LogP contribution in [0.1, 0.15) is 10.4 Å². The minimum atomic E-state index is -0.408. The second-order valence-electron chi connectivity index (χ2n) is 4.96. The van der Waals surface area contributed by atoms with Crippen LogP contribution in [0.3, 0.4) is 0 Å². The van der Waals surface area contributed by atoms with Crippen molar-refractivity contribution in [1.82, 2.24) is 15.3 Å². The van der Waals surface area contributed by atoms with Gasteiger partial charge in [0.15, 0.2) is 5.13 Å². The number of nitrogens with one attached hydrogen (secondary N) is 2. The maximum atomic E-state index is 12.0. The maximum absolute atomic E-state index is 12.0. The summed E-state index contributed by atoms with van der Waals surface area (Å²) in [7, 11) is 0. The average Bonchev–Trinajstić information content (AvgIpc) is 3.09. The van der Waals surface area contributed by atoms with E-state index in [1.165, 1.54) is 11.3 Å². The van der Waals surface area contributed by atoms with Gasteiger partial charge in [0.05, 0.1) is 22.8 Å². The van der Waals surface area contributed by atoms with Gasteiger partial charge in [0, 0.05) is 11.6 Å². The molecular formula is C17H13ClN4O2S. The van der Waals surface area contributed by atoms with Gasteiger partial charge >= 0.3 is 0 Å². The van der Waals surface area contributed by atoms with Crippen LogP contribution in [0.4, 0.5) is 5.13 Å². The van der Waals surface area contributed by atoms with Gasteiger partial charge in [0.2, 0.25) is 5.91 Å². The van der Waals surface area contributed by atoms with E-state index in [0.717, 1.165) is 5.69 Å². The van der Waals surface area contributed by atoms with Crippen LogP contribution in [0.15, 0.2) is 54.0 Å². The highest BCUT2D eigenvalue weighted by Crippen LogP contribution is 2.22. The number of benzene rings is 1. The second kappa shape index (κ2) is 7.87. The molecule has 3 rings (SSSR count). The lowest BCUT2D eigenvalue weighted by Gasteiger charge is -2.06. The van der Waals surface area contributed by atoms with Crippen LogP contribution < -0.4 is 10.6 Å². The number of amides is 2. The number of hydrogen-bond donors (Lipinski definition) is 2. The number of hydrogen-bond acceptors (Lipinski definition) is 5. The number of rotatable bonds is 5. The van der Waals surface area contributed by atoms with Crippen molar-refractivity contribution in [3.63, 3.8) is 0 Å². The summed E-state index contributed by atoms with van der Waals surface area (Å²) in [5, 5.41) is 7.76. The van der Waals surface area contributed by atoms with Crippen LogP contribution >= 0.6 is 22.9 Å². The summed E-state index contributed by atoms with van der Waals surface area (Å²) >= 11 is 7.24. The fraction of sp³-hybridized carbons (Fsp3) is 0.0588. The fourth-order valence-electron chi connectivity index (χ4n) is 2.03. The number of aromatic nitrogens is 2. The highest BCUT2D eigenvalue weighted by atomic mass is 35.5. The van der Waals surface area contributed by atoms with E-state index < -0.39 is 5.91 Å². The monoisotopic (exact) mass is 372 g/mol. The third-order valence-corrected chi connectivity index (χ3v) is 4.29. The predicted molar refractivity (Wildman–Crippen MR) is 97.8 cm³/mol. The highest BCUT2D eigenvalue weighted by Gasteiger charge is 2.12. The summed E-state index contributed by atoms with van der Waals surface area (Å²) in [6, 6.07) is 12.2. The summed E-state index contributed by atoms with van der Waals surface area (Å²) in [5.41, 5.74) is 1.73. The topological polar surface area (TPSA) is 84.0 Å². The molecule has 2 heterocycles. The van der Waals surface area contributed by atoms with Crippen LogP contribution in [-0.2, 0) is 4.79 Å². The molecule has 6 nitrogen and oxygen atoms in total. The lowest BCUT2D eigenvalue weighted by atomic mass is 10.2. The number of anilines is 1. The van der Waals surface area contributed by atoms with Crippen LogP contribution in [0.5, 0.6) is 0 Å². The number of carbonyl (C=O) groups excluding carboxylic acids is 2. The van der Waals surface area contributed by atoms with Gasteiger partial charge in [0.25, 0.3) is 5.91 Å². The first kappa shape index (κ1) is 17.1. The summed E-state index contributed by atoms with van der Waals surface area (Å²) in [5.74, 6) is -0.781. The zero-order valence-corrected chi connectivity index (χ0v) is 14.5. The lowest BCUT2D eigenvalue weighted by molar-refractivity contribution is -0.115. The van der Waals surface area contributed by atoms with Crippen molar-refractivity contribution in [2.75, 3.05) is 11.9 Å². The summed E-state index contributed by atoms with van der Waals surface area (Å²) in [6.45, 7) is -0.178. The molecule has 0 radical (unpaired) electrons. The van der Waals surface area contributed by atoms with Crippen LogP contribution in [0, 0.1) is 0 Å². The molecule has 2 N–H and O–H groups in total. The Morgan fingerprint density at radius 3 is 2.64 bits per heavy atom. The van der Waals surface area contributed by atoms with Crippen LogP contribution in [-0.4, -0.2) is 28.3 Å². The average molecular weight is 373 g/mol. The summed E-state index contributed by atoms with van der Waals surface area (Å²) < 4.78 is 0. The minimum absolute atomic E-state index is 0.178. The zero-order valence-electron chi connectivity index (χ0n) is 12.9. The Kier molecular flexibility index (Phi) is 5.37. The molecule has 2 amide bonds. The Morgan fingerprint density at radius 1 is 1.08 bits per heavy atom. The first-order valence-corrected chi connectivity index (χ1v) is 8.59. The molecule has 25 heavy (non-hydrogen) atoms. The van der Waals surface area contributed by atoms with Crippen molar-refractivity contribution in [3.8, 4) is 11.4 Å². The van der Waals surface area contributed by atoms with Crippen molar-refractivity contribution in [2.24, 2.45) is 0 Å². The third-order valence-electron chi connectivity index (χ3n) is 3.21. The van der Waals surface area contributed by atoms with E-state index in [-0.39, 0.29) is 12.5 Å². The van der Waals surface area contributed by atoms with E-state index in [4.69, 9.17) is 11.6 Å². The van der Waals surface area contributed by atoms with Crippen LogP contribution in [0.2, 0.25) is 5.02 Å².